The number of nitrogens with one attached hydrogen (secondary N) is 1. The molecule has 0 aliphatic heterocycles. The smallest absolute Gasteiger partial charge is 0.303 e. The molecule has 2 aromatic rings. The van der Waals surface area contributed by atoms with E-state index in [4.69, 9.17) is 5.11 Å². The molecule has 6 nitrogen and oxygen atoms in total. The highest BCUT2D eigenvalue weighted by Gasteiger charge is 2.14. The van der Waals surface area contributed by atoms with Crippen LogP contribution in [0.2, 0.25) is 0 Å². The summed E-state index contributed by atoms with van der Waals surface area (Å²) < 4.78 is 1.81. The number of aliphatic carboxylic acids is 1. The number of nitrogens with zero attached hydrogens (tertiary/aromatic N) is 2. The van der Waals surface area contributed by atoms with Gasteiger partial charge in [0.1, 0.15) is 0 Å². The van der Waals surface area contributed by atoms with Crippen LogP contribution < -0.4 is 5.32 Å². The summed E-state index contributed by atoms with van der Waals surface area (Å²) in [6, 6.07) is 7.35. The maximum Gasteiger partial charge on any atom is 0.303 e. The zero-order valence-electron chi connectivity index (χ0n) is 17.2. The lowest BCUT2D eigenvalue weighted by atomic mass is 9.97. The van der Waals surface area contributed by atoms with Gasteiger partial charge in [0.05, 0.1) is 11.4 Å². The minimum Gasteiger partial charge on any atom is -0.481 e. The molecule has 1 amide bonds. The van der Waals surface area contributed by atoms with Crippen LogP contribution in [0.15, 0.2) is 35.9 Å². The topological polar surface area (TPSA) is 84.2 Å². The third kappa shape index (κ3) is 5.34. The van der Waals surface area contributed by atoms with E-state index < -0.39 is 5.97 Å². The Morgan fingerprint density at radius 2 is 1.90 bits per heavy atom. The van der Waals surface area contributed by atoms with Gasteiger partial charge in [-0.25, -0.2) is 4.68 Å². The molecular weight excluding hydrogens is 366 g/mol. The number of allylic oxidation sites excluding steroid dienone is 1. The number of benzene rings is 1. The summed E-state index contributed by atoms with van der Waals surface area (Å²) in [5.74, 6) is -0.879. The van der Waals surface area contributed by atoms with Gasteiger partial charge in [-0.05, 0) is 82.2 Å². The van der Waals surface area contributed by atoms with Gasteiger partial charge in [0.25, 0.3) is 5.91 Å². The Labute approximate surface area is 171 Å². The number of rotatable bonds is 8. The van der Waals surface area contributed by atoms with Crippen LogP contribution in [0.25, 0.3) is 5.69 Å². The number of carboxylic acids is 1. The van der Waals surface area contributed by atoms with Crippen molar-refractivity contribution in [3.05, 3.63) is 58.4 Å². The summed E-state index contributed by atoms with van der Waals surface area (Å²) >= 11 is 0. The first-order valence-electron chi connectivity index (χ1n) is 10.3. The molecule has 0 saturated carbocycles. The lowest BCUT2D eigenvalue weighted by Gasteiger charge is -2.13. The molecule has 1 aromatic heterocycles. The number of carboxylic acid groups (broad SMARTS) is 1. The van der Waals surface area contributed by atoms with Crippen molar-refractivity contribution in [2.24, 2.45) is 0 Å². The number of hydrogen-bond acceptors (Lipinski definition) is 3. The molecule has 0 saturated heterocycles. The summed E-state index contributed by atoms with van der Waals surface area (Å²) in [5.41, 5.74) is 5.67. The fourth-order valence-electron chi connectivity index (χ4n) is 3.84. The molecule has 1 aliphatic rings. The molecule has 2 N–H and O–H groups in total. The van der Waals surface area contributed by atoms with Crippen molar-refractivity contribution in [1.29, 1.82) is 0 Å². The van der Waals surface area contributed by atoms with Gasteiger partial charge in [-0.1, -0.05) is 11.6 Å². The van der Waals surface area contributed by atoms with Gasteiger partial charge < -0.3 is 10.4 Å². The van der Waals surface area contributed by atoms with Gasteiger partial charge in [0.2, 0.25) is 0 Å². The Morgan fingerprint density at radius 3 is 2.55 bits per heavy atom. The van der Waals surface area contributed by atoms with E-state index in [2.05, 4.69) is 16.5 Å². The second-order valence-corrected chi connectivity index (χ2v) is 7.62. The number of aromatic nitrogens is 2. The van der Waals surface area contributed by atoms with Crippen molar-refractivity contribution < 1.29 is 14.7 Å². The third-order valence-electron chi connectivity index (χ3n) is 5.52. The van der Waals surface area contributed by atoms with Crippen LogP contribution in [0.4, 0.5) is 0 Å². The van der Waals surface area contributed by atoms with E-state index in [0.717, 1.165) is 41.9 Å². The van der Waals surface area contributed by atoms with E-state index in [1.165, 1.54) is 18.4 Å². The molecule has 1 aliphatic carbocycles. The highest BCUT2D eigenvalue weighted by molar-refractivity contribution is 5.94. The molecule has 154 valence electrons. The minimum atomic E-state index is -0.813. The number of amides is 1. The molecule has 0 unspecified atom stereocenters. The van der Waals surface area contributed by atoms with E-state index in [9.17, 15) is 9.59 Å². The Kier molecular flexibility index (Phi) is 6.86. The molecule has 29 heavy (non-hydrogen) atoms. The summed E-state index contributed by atoms with van der Waals surface area (Å²) in [7, 11) is 0. The van der Waals surface area contributed by atoms with Crippen molar-refractivity contribution in [3.8, 4) is 5.69 Å². The van der Waals surface area contributed by atoms with Crippen molar-refractivity contribution in [2.45, 2.75) is 58.8 Å². The van der Waals surface area contributed by atoms with Gasteiger partial charge in [0, 0.05) is 24.2 Å². The van der Waals surface area contributed by atoms with Crippen LogP contribution in [0, 0.1) is 13.8 Å². The number of hydrogen-bond donors (Lipinski definition) is 2. The zero-order chi connectivity index (χ0) is 20.8. The Balaban J connectivity index is 1.62. The number of carbonyl (C=O) groups is 2. The van der Waals surface area contributed by atoms with Gasteiger partial charge in [-0.15, -0.1) is 0 Å². The van der Waals surface area contributed by atoms with E-state index in [-0.39, 0.29) is 12.3 Å². The van der Waals surface area contributed by atoms with Crippen molar-refractivity contribution in [2.75, 3.05) is 6.54 Å². The normalized spacial score (nSPS) is 13.8. The standard InChI is InChI=1S/C23H29N3O3/c1-16-21(12-13-22(27)28)17(2)26(25-16)20-10-8-19(9-11-20)23(29)24-15-14-18-6-4-3-5-7-18/h6,8-11H,3-5,7,12-15H2,1-2H3,(H,24,29)(H,27,28). The first kappa shape index (κ1) is 20.8. The van der Waals surface area contributed by atoms with Crippen LogP contribution in [0.1, 0.15) is 65.8 Å². The lowest BCUT2D eigenvalue weighted by molar-refractivity contribution is -0.136. The molecule has 0 atom stereocenters. The van der Waals surface area contributed by atoms with Gasteiger partial charge >= 0.3 is 5.97 Å². The Morgan fingerprint density at radius 1 is 1.14 bits per heavy atom. The number of aryl methyl sites for hydroxylation is 1. The van der Waals surface area contributed by atoms with Crippen LogP contribution in [-0.2, 0) is 11.2 Å². The maximum atomic E-state index is 12.4. The van der Waals surface area contributed by atoms with Crippen molar-refractivity contribution in [3.63, 3.8) is 0 Å². The fourth-order valence-corrected chi connectivity index (χ4v) is 3.84. The largest absolute Gasteiger partial charge is 0.481 e. The highest BCUT2D eigenvalue weighted by Crippen LogP contribution is 2.21. The number of carbonyl (C=O) groups excluding carboxylic acids is 1. The lowest BCUT2D eigenvalue weighted by Crippen LogP contribution is -2.24. The Hall–Kier alpha value is -2.89. The van der Waals surface area contributed by atoms with E-state index in [0.29, 0.717) is 18.5 Å². The quantitative estimate of drug-likeness (QED) is 0.658. The van der Waals surface area contributed by atoms with Gasteiger partial charge in [-0.3, -0.25) is 9.59 Å². The third-order valence-corrected chi connectivity index (χ3v) is 5.52. The highest BCUT2D eigenvalue weighted by atomic mass is 16.4. The molecule has 1 heterocycles. The minimum absolute atomic E-state index is 0.0662. The predicted octanol–water partition coefficient (Wildman–Crippen LogP) is 4.13. The monoisotopic (exact) mass is 395 g/mol. The molecular formula is C23H29N3O3. The van der Waals surface area contributed by atoms with Crippen LogP contribution in [-0.4, -0.2) is 33.3 Å². The van der Waals surface area contributed by atoms with E-state index in [1.54, 1.807) is 12.1 Å². The average molecular weight is 396 g/mol. The Bertz CT molecular complexity index is 910. The fraction of sp³-hybridized carbons (Fsp3) is 0.435. The first-order chi connectivity index (χ1) is 14.0. The molecule has 3 rings (SSSR count). The molecule has 0 radical (unpaired) electrons. The van der Waals surface area contributed by atoms with E-state index in [1.807, 2.05) is 30.7 Å². The maximum absolute atomic E-state index is 12.4. The van der Waals surface area contributed by atoms with Crippen molar-refractivity contribution >= 4 is 11.9 Å². The van der Waals surface area contributed by atoms with Crippen LogP contribution in [0.3, 0.4) is 0 Å². The first-order valence-corrected chi connectivity index (χ1v) is 10.3. The summed E-state index contributed by atoms with van der Waals surface area (Å²) in [6.07, 6.45) is 8.63. The average Bonchev–Trinajstić information content (AvgIpc) is 3.00. The molecule has 6 heteroatoms. The van der Waals surface area contributed by atoms with Gasteiger partial charge in [0.15, 0.2) is 0 Å². The predicted molar refractivity (Wildman–Crippen MR) is 112 cm³/mol. The second-order valence-electron chi connectivity index (χ2n) is 7.62. The van der Waals surface area contributed by atoms with Crippen molar-refractivity contribution in [1.82, 2.24) is 15.1 Å². The summed E-state index contributed by atoms with van der Waals surface area (Å²) in [4.78, 5) is 23.3. The molecule has 1 aromatic carbocycles. The van der Waals surface area contributed by atoms with Gasteiger partial charge in [-0.2, -0.15) is 5.10 Å². The SMILES string of the molecule is Cc1nn(-c2ccc(C(=O)NCCC3=CCCCC3)cc2)c(C)c1CCC(=O)O. The molecule has 0 spiro atoms. The van der Waals surface area contributed by atoms with Crippen LogP contribution >= 0.6 is 0 Å². The van der Waals surface area contributed by atoms with Crippen LogP contribution in [0.5, 0.6) is 0 Å². The molecule has 0 fully saturated rings. The van der Waals surface area contributed by atoms with E-state index >= 15 is 0 Å². The summed E-state index contributed by atoms with van der Waals surface area (Å²) in [6.45, 7) is 4.50. The molecule has 0 bridgehead atoms. The summed E-state index contributed by atoms with van der Waals surface area (Å²) in [5, 5.41) is 16.5. The second kappa shape index (κ2) is 9.54. The zero-order valence-corrected chi connectivity index (χ0v) is 17.2.